The first-order valence-corrected chi connectivity index (χ1v) is 11.6. The Bertz CT molecular complexity index is 1100. The lowest BCUT2D eigenvalue weighted by molar-refractivity contribution is -0.131. The van der Waals surface area contributed by atoms with Crippen LogP contribution in [0.5, 0.6) is 0 Å². The first-order chi connectivity index (χ1) is 12.9. The summed E-state index contributed by atoms with van der Waals surface area (Å²) in [5, 5.41) is 7.49. The molecule has 2 aromatic heterocycles. The minimum atomic E-state index is -3.04. The number of rotatable bonds is 5. The Morgan fingerprint density at radius 3 is 2.93 bits per heavy atom. The summed E-state index contributed by atoms with van der Waals surface area (Å²) in [5.41, 5.74) is 1.79. The van der Waals surface area contributed by atoms with Crippen LogP contribution in [0.25, 0.3) is 16.8 Å². The Labute approximate surface area is 161 Å². The van der Waals surface area contributed by atoms with Crippen molar-refractivity contribution in [1.82, 2.24) is 24.5 Å². The summed E-state index contributed by atoms with van der Waals surface area (Å²) in [4.78, 5) is 19.2. The fraction of sp³-hybridized carbons (Fsp3) is 0.471. The largest absolute Gasteiger partial charge is 0.338 e. The number of carbonyl (C=O) groups is 1. The minimum Gasteiger partial charge on any atom is -0.338 e. The Kier molecular flexibility index (Phi) is 4.63. The zero-order chi connectivity index (χ0) is 19.2. The van der Waals surface area contributed by atoms with Crippen molar-refractivity contribution in [2.75, 3.05) is 18.1 Å². The molecule has 3 heterocycles. The van der Waals surface area contributed by atoms with Gasteiger partial charge in [-0.2, -0.15) is 0 Å². The molecule has 8 nitrogen and oxygen atoms in total. The molecule has 0 saturated carbocycles. The summed E-state index contributed by atoms with van der Waals surface area (Å²) in [6.07, 6.45) is 0.512. The maximum atomic E-state index is 13.0. The Balaban J connectivity index is 1.57. The van der Waals surface area contributed by atoms with Gasteiger partial charge in [0.05, 0.1) is 27.8 Å². The number of aromatic amines is 1. The van der Waals surface area contributed by atoms with E-state index in [1.165, 1.54) is 11.8 Å². The molecule has 144 valence electrons. The molecule has 0 aliphatic carbocycles. The maximum Gasteiger partial charge on any atom is 0.236 e. The lowest BCUT2D eigenvalue weighted by atomic mass is 10.2. The third kappa shape index (κ3) is 3.31. The zero-order valence-corrected chi connectivity index (χ0v) is 16.8. The van der Waals surface area contributed by atoms with Crippen LogP contribution in [-0.2, 0) is 14.6 Å². The van der Waals surface area contributed by atoms with Gasteiger partial charge in [0.1, 0.15) is 0 Å². The van der Waals surface area contributed by atoms with Crippen molar-refractivity contribution in [1.29, 1.82) is 0 Å². The number of nitrogens with zero attached hydrogens (tertiary/aromatic N) is 4. The van der Waals surface area contributed by atoms with Gasteiger partial charge in [-0.05, 0) is 32.4 Å². The molecule has 0 unspecified atom stereocenters. The summed E-state index contributed by atoms with van der Waals surface area (Å²) in [5.74, 6) is 0.782. The number of nitrogens with one attached hydrogen (secondary N) is 1. The van der Waals surface area contributed by atoms with E-state index in [0.717, 1.165) is 11.0 Å². The SMILES string of the molecule is CCN(C(=O)[C@@H](C)Sc1n[nH]c2nc3ccccc3n12)[C@@H]1CCS(=O)(=O)C1. The fourth-order valence-corrected chi connectivity index (χ4v) is 6.25. The Morgan fingerprint density at radius 2 is 2.22 bits per heavy atom. The molecule has 2 atom stereocenters. The number of imidazole rings is 1. The molecule has 0 bridgehead atoms. The number of amides is 1. The predicted molar refractivity (Wildman–Crippen MR) is 105 cm³/mol. The van der Waals surface area contributed by atoms with Crippen molar-refractivity contribution in [3.8, 4) is 0 Å². The van der Waals surface area contributed by atoms with Gasteiger partial charge in [0.15, 0.2) is 15.0 Å². The van der Waals surface area contributed by atoms with E-state index in [1.54, 1.807) is 4.90 Å². The van der Waals surface area contributed by atoms with Crippen molar-refractivity contribution in [3.63, 3.8) is 0 Å². The van der Waals surface area contributed by atoms with E-state index < -0.39 is 9.84 Å². The van der Waals surface area contributed by atoms with Crippen LogP contribution < -0.4 is 0 Å². The van der Waals surface area contributed by atoms with Gasteiger partial charge < -0.3 is 4.90 Å². The molecular formula is C17H21N5O3S2. The van der Waals surface area contributed by atoms with Crippen LogP contribution in [0.3, 0.4) is 0 Å². The standard InChI is InChI=1S/C17H21N5O3S2/c1-3-21(12-8-9-27(24,25)10-12)15(23)11(2)26-17-20-19-16-18-13-6-4-5-7-14(13)22(16)17/h4-7,11-12H,3,8-10H2,1-2H3,(H,18,19)/t11-,12-/m1/s1. The second-order valence-corrected chi connectivity index (χ2v) is 10.2. The summed E-state index contributed by atoms with van der Waals surface area (Å²) in [6.45, 7) is 4.21. The maximum absolute atomic E-state index is 13.0. The molecule has 1 N–H and O–H groups in total. The number of benzene rings is 1. The molecule has 1 fully saturated rings. The van der Waals surface area contributed by atoms with Crippen LogP contribution in [0, 0.1) is 0 Å². The average molecular weight is 408 g/mol. The van der Waals surface area contributed by atoms with Gasteiger partial charge in [0.2, 0.25) is 11.7 Å². The van der Waals surface area contributed by atoms with Crippen molar-refractivity contribution in [3.05, 3.63) is 24.3 Å². The van der Waals surface area contributed by atoms with Gasteiger partial charge in [-0.1, -0.05) is 23.9 Å². The molecule has 1 saturated heterocycles. The van der Waals surface area contributed by atoms with Crippen LogP contribution in [0.4, 0.5) is 0 Å². The van der Waals surface area contributed by atoms with Crippen LogP contribution in [0.15, 0.2) is 29.4 Å². The normalized spacial score (nSPS) is 20.3. The number of hydrogen-bond acceptors (Lipinski definition) is 6. The van der Waals surface area contributed by atoms with E-state index in [9.17, 15) is 13.2 Å². The molecule has 0 radical (unpaired) electrons. The van der Waals surface area contributed by atoms with Crippen LogP contribution >= 0.6 is 11.8 Å². The van der Waals surface area contributed by atoms with Gasteiger partial charge in [0.25, 0.3) is 0 Å². The van der Waals surface area contributed by atoms with E-state index in [0.29, 0.717) is 23.9 Å². The number of hydrogen-bond donors (Lipinski definition) is 1. The highest BCUT2D eigenvalue weighted by Gasteiger charge is 2.35. The molecule has 3 aromatic rings. The number of carbonyl (C=O) groups excluding carboxylic acids is 1. The smallest absolute Gasteiger partial charge is 0.236 e. The van der Waals surface area contributed by atoms with Crippen LogP contribution in [0.2, 0.25) is 0 Å². The topological polar surface area (TPSA) is 100 Å². The van der Waals surface area contributed by atoms with Gasteiger partial charge in [-0.3, -0.25) is 9.20 Å². The molecule has 1 aliphatic heterocycles. The summed E-state index contributed by atoms with van der Waals surface area (Å²) >= 11 is 1.35. The van der Waals surface area contributed by atoms with E-state index >= 15 is 0 Å². The Hall–Kier alpha value is -2.07. The van der Waals surface area contributed by atoms with E-state index in [2.05, 4.69) is 15.2 Å². The molecule has 1 amide bonds. The molecule has 10 heteroatoms. The van der Waals surface area contributed by atoms with Gasteiger partial charge in [-0.15, -0.1) is 5.10 Å². The van der Waals surface area contributed by atoms with E-state index in [1.807, 2.05) is 42.5 Å². The second-order valence-electron chi connectivity index (χ2n) is 6.71. The molecule has 1 aliphatic rings. The first-order valence-electron chi connectivity index (χ1n) is 8.88. The lowest BCUT2D eigenvalue weighted by Gasteiger charge is -2.29. The molecular weight excluding hydrogens is 386 g/mol. The highest BCUT2D eigenvalue weighted by atomic mass is 32.2. The van der Waals surface area contributed by atoms with E-state index in [4.69, 9.17) is 0 Å². The Morgan fingerprint density at radius 1 is 1.44 bits per heavy atom. The number of H-pyrrole nitrogens is 1. The number of sulfone groups is 1. The molecule has 1 aromatic carbocycles. The monoisotopic (exact) mass is 407 g/mol. The van der Waals surface area contributed by atoms with Gasteiger partial charge in [0, 0.05) is 12.6 Å². The van der Waals surface area contributed by atoms with Crippen molar-refractivity contribution in [2.45, 2.75) is 36.7 Å². The summed E-state index contributed by atoms with van der Waals surface area (Å²) in [7, 11) is -3.04. The number of fused-ring (bicyclic) bond motifs is 3. The van der Waals surface area contributed by atoms with Crippen molar-refractivity contribution in [2.24, 2.45) is 0 Å². The number of para-hydroxylation sites is 2. The second kappa shape index (κ2) is 6.83. The summed E-state index contributed by atoms with van der Waals surface area (Å²) in [6, 6.07) is 7.52. The highest BCUT2D eigenvalue weighted by molar-refractivity contribution is 8.00. The third-order valence-corrected chi connectivity index (χ3v) is 7.70. The quantitative estimate of drug-likeness (QED) is 0.647. The lowest BCUT2D eigenvalue weighted by Crippen LogP contribution is -2.44. The van der Waals surface area contributed by atoms with Crippen LogP contribution in [0.1, 0.15) is 20.3 Å². The van der Waals surface area contributed by atoms with Gasteiger partial charge >= 0.3 is 0 Å². The number of aromatic nitrogens is 4. The summed E-state index contributed by atoms with van der Waals surface area (Å²) < 4.78 is 25.5. The zero-order valence-electron chi connectivity index (χ0n) is 15.1. The fourth-order valence-electron chi connectivity index (χ4n) is 3.58. The minimum absolute atomic E-state index is 0.0583. The molecule has 4 rings (SSSR count). The molecule has 27 heavy (non-hydrogen) atoms. The van der Waals surface area contributed by atoms with Crippen LogP contribution in [-0.4, -0.2) is 68.1 Å². The molecule has 0 spiro atoms. The van der Waals surface area contributed by atoms with Crippen molar-refractivity contribution < 1.29 is 13.2 Å². The predicted octanol–water partition coefficient (Wildman–Crippen LogP) is 1.73. The van der Waals surface area contributed by atoms with Gasteiger partial charge in [-0.25, -0.2) is 18.5 Å². The number of thioether (sulfide) groups is 1. The highest BCUT2D eigenvalue weighted by Crippen LogP contribution is 2.28. The van der Waals surface area contributed by atoms with E-state index in [-0.39, 0.29) is 28.7 Å². The van der Waals surface area contributed by atoms with Crippen molar-refractivity contribution >= 4 is 44.3 Å². The third-order valence-electron chi connectivity index (χ3n) is 4.91. The average Bonchev–Trinajstić information content (AvgIpc) is 3.29. The first kappa shape index (κ1) is 18.3.